The highest BCUT2D eigenvalue weighted by molar-refractivity contribution is 5.40. The smallest absolute Gasteiger partial charge is 0.123 e. The van der Waals surface area contributed by atoms with E-state index in [1.807, 2.05) is 39.0 Å². The predicted octanol–water partition coefficient (Wildman–Crippen LogP) is 3.83. The van der Waals surface area contributed by atoms with E-state index in [9.17, 15) is 9.50 Å². The summed E-state index contributed by atoms with van der Waals surface area (Å²) < 4.78 is 13.3. The van der Waals surface area contributed by atoms with Gasteiger partial charge in [0.2, 0.25) is 0 Å². The van der Waals surface area contributed by atoms with Crippen LogP contribution in [0.2, 0.25) is 0 Å². The molecule has 1 atom stereocenters. The van der Waals surface area contributed by atoms with Gasteiger partial charge in [-0.1, -0.05) is 29.8 Å². The van der Waals surface area contributed by atoms with Crippen LogP contribution in [0.4, 0.5) is 4.39 Å². The molecule has 0 amide bonds. The third-order valence-electron chi connectivity index (χ3n) is 3.26. The lowest BCUT2D eigenvalue weighted by Crippen LogP contribution is -2.04. The van der Waals surface area contributed by atoms with Gasteiger partial charge in [-0.15, -0.1) is 0 Å². The molecule has 0 aliphatic rings. The van der Waals surface area contributed by atoms with Crippen molar-refractivity contribution < 1.29 is 9.50 Å². The van der Waals surface area contributed by atoms with Gasteiger partial charge in [0.15, 0.2) is 0 Å². The Bertz CT molecular complexity index is 575. The Morgan fingerprint density at radius 3 is 2.28 bits per heavy atom. The van der Waals surface area contributed by atoms with E-state index in [0.717, 1.165) is 22.3 Å². The average molecular weight is 244 g/mol. The monoisotopic (exact) mass is 244 g/mol. The van der Waals surface area contributed by atoms with Crippen LogP contribution in [0.25, 0.3) is 0 Å². The molecule has 2 aromatic carbocycles. The average Bonchev–Trinajstić information content (AvgIpc) is 2.31. The van der Waals surface area contributed by atoms with Gasteiger partial charge in [0, 0.05) is 0 Å². The van der Waals surface area contributed by atoms with Crippen LogP contribution in [0, 0.1) is 26.6 Å². The number of hydrogen-bond donors (Lipinski definition) is 1. The van der Waals surface area contributed by atoms with Gasteiger partial charge in [-0.25, -0.2) is 4.39 Å². The predicted molar refractivity (Wildman–Crippen MR) is 71.1 cm³/mol. The van der Waals surface area contributed by atoms with Crippen molar-refractivity contribution in [1.29, 1.82) is 0 Å². The summed E-state index contributed by atoms with van der Waals surface area (Å²) >= 11 is 0. The fourth-order valence-corrected chi connectivity index (χ4v) is 2.21. The van der Waals surface area contributed by atoms with E-state index in [0.29, 0.717) is 5.56 Å². The molecule has 0 bridgehead atoms. The summed E-state index contributed by atoms with van der Waals surface area (Å²) in [6.07, 6.45) is -0.777. The third kappa shape index (κ3) is 2.44. The molecule has 2 heteroatoms. The van der Waals surface area contributed by atoms with Crippen LogP contribution in [0.3, 0.4) is 0 Å². The lowest BCUT2D eigenvalue weighted by atomic mass is 9.93. The molecule has 0 aliphatic heterocycles. The second-order valence-electron chi connectivity index (χ2n) is 4.76. The SMILES string of the molecule is Cc1ccc(C(O)c2cc(F)ccc2C)c(C)c1. The minimum Gasteiger partial charge on any atom is -0.384 e. The van der Waals surface area contributed by atoms with Crippen molar-refractivity contribution >= 4 is 0 Å². The van der Waals surface area contributed by atoms with Crippen molar-refractivity contribution in [3.63, 3.8) is 0 Å². The molecule has 0 spiro atoms. The van der Waals surface area contributed by atoms with E-state index in [-0.39, 0.29) is 5.82 Å². The fraction of sp³-hybridized carbons (Fsp3) is 0.250. The maximum absolute atomic E-state index is 13.3. The summed E-state index contributed by atoms with van der Waals surface area (Å²) in [5.41, 5.74) is 4.52. The van der Waals surface area contributed by atoms with Crippen LogP contribution in [-0.4, -0.2) is 5.11 Å². The van der Waals surface area contributed by atoms with E-state index in [1.54, 1.807) is 6.07 Å². The molecule has 1 N–H and O–H groups in total. The van der Waals surface area contributed by atoms with Crippen molar-refractivity contribution in [1.82, 2.24) is 0 Å². The van der Waals surface area contributed by atoms with Gasteiger partial charge in [0.1, 0.15) is 11.9 Å². The molecule has 18 heavy (non-hydrogen) atoms. The first-order valence-corrected chi connectivity index (χ1v) is 6.00. The summed E-state index contributed by atoms with van der Waals surface area (Å²) in [6, 6.07) is 10.4. The highest BCUT2D eigenvalue weighted by Gasteiger charge is 2.15. The zero-order valence-electron chi connectivity index (χ0n) is 10.9. The molecule has 0 fully saturated rings. The van der Waals surface area contributed by atoms with Crippen LogP contribution in [0.5, 0.6) is 0 Å². The van der Waals surface area contributed by atoms with Crippen LogP contribution < -0.4 is 0 Å². The standard InChI is InChI=1S/C16H17FO/c1-10-4-7-14(12(3)8-10)16(18)15-9-13(17)6-5-11(15)2/h4-9,16,18H,1-3H3. The van der Waals surface area contributed by atoms with Gasteiger partial charge < -0.3 is 5.11 Å². The molecule has 0 aliphatic carbocycles. The largest absolute Gasteiger partial charge is 0.384 e. The molecule has 94 valence electrons. The lowest BCUT2D eigenvalue weighted by molar-refractivity contribution is 0.218. The van der Waals surface area contributed by atoms with E-state index < -0.39 is 6.10 Å². The summed E-state index contributed by atoms with van der Waals surface area (Å²) in [5.74, 6) is -0.320. The molecule has 1 unspecified atom stereocenters. The highest BCUT2D eigenvalue weighted by Crippen LogP contribution is 2.28. The minimum atomic E-state index is -0.777. The Balaban J connectivity index is 2.47. The quantitative estimate of drug-likeness (QED) is 0.851. The number of benzene rings is 2. The molecule has 2 aromatic rings. The van der Waals surface area contributed by atoms with Crippen LogP contribution in [0.15, 0.2) is 36.4 Å². The number of rotatable bonds is 2. The zero-order chi connectivity index (χ0) is 13.3. The van der Waals surface area contributed by atoms with Crippen molar-refractivity contribution in [2.45, 2.75) is 26.9 Å². The molecule has 0 saturated carbocycles. The number of aliphatic hydroxyl groups excluding tert-OH is 1. The maximum atomic E-state index is 13.3. The molecule has 0 heterocycles. The molecular formula is C16H17FO. The molecule has 2 rings (SSSR count). The summed E-state index contributed by atoms with van der Waals surface area (Å²) in [7, 11) is 0. The Morgan fingerprint density at radius 1 is 0.889 bits per heavy atom. The van der Waals surface area contributed by atoms with Gasteiger partial charge in [0.05, 0.1) is 0 Å². The Kier molecular flexibility index (Phi) is 3.48. The normalized spacial score (nSPS) is 12.5. The number of halogens is 1. The number of aryl methyl sites for hydroxylation is 3. The van der Waals surface area contributed by atoms with E-state index in [4.69, 9.17) is 0 Å². The highest BCUT2D eigenvalue weighted by atomic mass is 19.1. The van der Waals surface area contributed by atoms with Crippen LogP contribution in [-0.2, 0) is 0 Å². The summed E-state index contributed by atoms with van der Waals surface area (Å²) in [5, 5.41) is 10.4. The third-order valence-corrected chi connectivity index (χ3v) is 3.26. The Morgan fingerprint density at radius 2 is 1.61 bits per heavy atom. The first kappa shape index (κ1) is 12.8. The zero-order valence-corrected chi connectivity index (χ0v) is 10.9. The second kappa shape index (κ2) is 4.91. The minimum absolute atomic E-state index is 0.320. The van der Waals surface area contributed by atoms with Crippen molar-refractivity contribution in [2.75, 3.05) is 0 Å². The van der Waals surface area contributed by atoms with Crippen LogP contribution >= 0.6 is 0 Å². The number of aliphatic hydroxyl groups is 1. The topological polar surface area (TPSA) is 20.2 Å². The van der Waals surface area contributed by atoms with E-state index >= 15 is 0 Å². The lowest BCUT2D eigenvalue weighted by Gasteiger charge is -2.17. The van der Waals surface area contributed by atoms with Gasteiger partial charge in [-0.05, 0) is 55.2 Å². The molecule has 0 saturated heterocycles. The maximum Gasteiger partial charge on any atom is 0.123 e. The summed E-state index contributed by atoms with van der Waals surface area (Å²) in [4.78, 5) is 0. The Hall–Kier alpha value is -1.67. The molecule has 1 nitrogen and oxygen atoms in total. The van der Waals surface area contributed by atoms with E-state index in [1.165, 1.54) is 12.1 Å². The van der Waals surface area contributed by atoms with E-state index in [2.05, 4.69) is 0 Å². The van der Waals surface area contributed by atoms with Crippen molar-refractivity contribution in [3.05, 3.63) is 70.0 Å². The fourth-order valence-electron chi connectivity index (χ4n) is 2.21. The molecule has 0 aromatic heterocycles. The molecule has 0 radical (unpaired) electrons. The first-order chi connectivity index (χ1) is 8.49. The molecular weight excluding hydrogens is 227 g/mol. The summed E-state index contributed by atoms with van der Waals surface area (Å²) in [6.45, 7) is 5.85. The van der Waals surface area contributed by atoms with Gasteiger partial charge in [-0.2, -0.15) is 0 Å². The number of hydrogen-bond acceptors (Lipinski definition) is 1. The van der Waals surface area contributed by atoms with Gasteiger partial charge >= 0.3 is 0 Å². The van der Waals surface area contributed by atoms with Gasteiger partial charge in [-0.3, -0.25) is 0 Å². The van der Waals surface area contributed by atoms with Crippen molar-refractivity contribution in [2.24, 2.45) is 0 Å². The first-order valence-electron chi connectivity index (χ1n) is 6.00. The Labute approximate surface area is 107 Å². The van der Waals surface area contributed by atoms with Gasteiger partial charge in [0.25, 0.3) is 0 Å². The van der Waals surface area contributed by atoms with Crippen LogP contribution in [0.1, 0.15) is 33.9 Å². The van der Waals surface area contributed by atoms with Crippen molar-refractivity contribution in [3.8, 4) is 0 Å². The second-order valence-corrected chi connectivity index (χ2v) is 4.76.